The maximum Gasteiger partial charge on any atom is 0.325 e. The highest BCUT2D eigenvalue weighted by atomic mass is 19.3. The van der Waals surface area contributed by atoms with Crippen molar-refractivity contribution >= 4 is 5.69 Å². The number of aromatic nitrogens is 4. The molecule has 4 rings (SSSR count). The van der Waals surface area contributed by atoms with Gasteiger partial charge in [-0.2, -0.15) is 10.4 Å². The molecule has 3 aromatic rings. The number of H-pyrrole nitrogens is 3. The van der Waals surface area contributed by atoms with Crippen molar-refractivity contribution in [3.05, 3.63) is 78.6 Å². The highest BCUT2D eigenvalue weighted by molar-refractivity contribution is 5.62. The molecule has 170 valence electrons. The molecule has 33 heavy (non-hydrogen) atoms. The average Bonchev–Trinajstić information content (AvgIpc) is 3.07. The number of anilines is 1. The molecule has 1 aromatic carbocycles. The highest BCUT2D eigenvalue weighted by Crippen LogP contribution is 2.33. The fourth-order valence-electron chi connectivity index (χ4n) is 3.42. The lowest BCUT2D eigenvalue weighted by Gasteiger charge is -2.18. The van der Waals surface area contributed by atoms with Gasteiger partial charge in [0, 0.05) is 6.20 Å². The number of hydrogen-bond donors (Lipinski definition) is 3. The fraction of sp³-hybridized carbons (Fsp3) is 0.250. The number of ether oxygens (including phenoxy) is 1. The Morgan fingerprint density at radius 3 is 2.73 bits per heavy atom. The van der Waals surface area contributed by atoms with E-state index in [-0.39, 0.29) is 41.2 Å². The summed E-state index contributed by atoms with van der Waals surface area (Å²) in [4.78, 5) is 40.8. The molecular weight excluding hydrogens is 445 g/mol. The van der Waals surface area contributed by atoms with Crippen LogP contribution < -0.4 is 21.7 Å². The molecule has 1 aliphatic rings. The second-order valence-electron chi connectivity index (χ2n) is 7.32. The fourth-order valence-corrected chi connectivity index (χ4v) is 3.42. The van der Waals surface area contributed by atoms with E-state index in [1.54, 1.807) is 6.07 Å². The van der Waals surface area contributed by atoms with Crippen molar-refractivity contribution in [1.82, 2.24) is 20.2 Å². The number of halogens is 3. The van der Waals surface area contributed by atoms with Crippen molar-refractivity contribution in [1.29, 1.82) is 5.26 Å². The predicted octanol–water partition coefficient (Wildman–Crippen LogP) is 0.865. The Hall–Kier alpha value is -4.18. The van der Waals surface area contributed by atoms with Crippen LogP contribution in [0.1, 0.15) is 11.1 Å². The Balaban J connectivity index is 1.55. The molecule has 0 amide bonds. The summed E-state index contributed by atoms with van der Waals surface area (Å²) in [7, 11) is 0. The third-order valence-electron chi connectivity index (χ3n) is 5.08. The minimum atomic E-state index is -3.34. The third-order valence-corrected chi connectivity index (χ3v) is 5.08. The van der Waals surface area contributed by atoms with E-state index in [4.69, 9.17) is 10.00 Å². The number of nitriles is 1. The molecule has 0 radical (unpaired) electrons. The van der Waals surface area contributed by atoms with E-state index < -0.39 is 41.2 Å². The lowest BCUT2D eigenvalue weighted by molar-refractivity contribution is -0.110. The molecule has 3 N–H and O–H groups in total. The quantitative estimate of drug-likeness (QED) is 0.512. The minimum Gasteiger partial charge on any atom is -0.365 e. The Bertz CT molecular complexity index is 1420. The van der Waals surface area contributed by atoms with E-state index in [9.17, 15) is 27.6 Å². The van der Waals surface area contributed by atoms with Gasteiger partial charge in [-0.05, 0) is 23.8 Å². The van der Waals surface area contributed by atoms with Gasteiger partial charge in [0.2, 0.25) is 0 Å². The first kappa shape index (κ1) is 22.0. The monoisotopic (exact) mass is 460 g/mol. The Morgan fingerprint density at radius 1 is 1.24 bits per heavy atom. The Morgan fingerprint density at radius 2 is 2.03 bits per heavy atom. The largest absolute Gasteiger partial charge is 0.365 e. The molecule has 0 bridgehead atoms. The lowest BCUT2D eigenvalue weighted by atomic mass is 10.1. The maximum atomic E-state index is 14.6. The van der Waals surface area contributed by atoms with Gasteiger partial charge in [0.25, 0.3) is 17.0 Å². The molecule has 0 saturated carbocycles. The van der Waals surface area contributed by atoms with Gasteiger partial charge in [-0.15, -0.1) is 0 Å². The molecule has 1 unspecified atom stereocenters. The first-order valence-electron chi connectivity index (χ1n) is 9.53. The van der Waals surface area contributed by atoms with E-state index in [0.29, 0.717) is 0 Å². The zero-order valence-corrected chi connectivity index (χ0v) is 16.7. The van der Waals surface area contributed by atoms with Gasteiger partial charge in [-0.1, -0.05) is 6.07 Å². The van der Waals surface area contributed by atoms with Crippen molar-refractivity contribution in [3.8, 4) is 17.3 Å². The van der Waals surface area contributed by atoms with Crippen LogP contribution in [0, 0.1) is 17.1 Å². The third kappa shape index (κ3) is 4.41. The zero-order valence-electron chi connectivity index (χ0n) is 16.7. The molecule has 1 saturated heterocycles. The molecule has 1 atom stereocenters. The van der Waals surface area contributed by atoms with E-state index in [1.807, 2.05) is 4.98 Å². The van der Waals surface area contributed by atoms with Gasteiger partial charge in [0.15, 0.2) is 0 Å². The van der Waals surface area contributed by atoms with Crippen LogP contribution in [-0.4, -0.2) is 45.3 Å². The lowest BCUT2D eigenvalue weighted by Crippen LogP contribution is -2.34. The van der Waals surface area contributed by atoms with Crippen LogP contribution in [-0.2, 0) is 11.3 Å². The van der Waals surface area contributed by atoms with Crippen LogP contribution in [0.25, 0.3) is 11.3 Å². The summed E-state index contributed by atoms with van der Waals surface area (Å²) in [5.74, 6) is -4.12. The van der Waals surface area contributed by atoms with Crippen molar-refractivity contribution in [2.75, 3.05) is 18.0 Å². The number of alkyl halides is 2. The summed E-state index contributed by atoms with van der Waals surface area (Å²) in [5.41, 5.74) is -2.46. The minimum absolute atomic E-state index is 0.0390. The predicted molar refractivity (Wildman–Crippen MR) is 108 cm³/mol. The number of nitrogens with zero attached hydrogens (tertiary/aromatic N) is 3. The normalized spacial score (nSPS) is 17.2. The van der Waals surface area contributed by atoms with Gasteiger partial charge in [-0.25, -0.2) is 23.1 Å². The molecule has 3 heterocycles. The van der Waals surface area contributed by atoms with Gasteiger partial charge in [-0.3, -0.25) is 14.6 Å². The molecule has 10 nitrogen and oxygen atoms in total. The van der Waals surface area contributed by atoms with Crippen molar-refractivity contribution in [3.63, 3.8) is 0 Å². The number of hydrogen-bond acceptors (Lipinski definition) is 7. The summed E-state index contributed by atoms with van der Waals surface area (Å²) in [6, 6.07) is 6.48. The highest BCUT2D eigenvalue weighted by Gasteiger charge is 2.49. The van der Waals surface area contributed by atoms with Gasteiger partial charge in [0.1, 0.15) is 23.7 Å². The first-order valence-corrected chi connectivity index (χ1v) is 9.53. The number of rotatable bonds is 5. The molecule has 1 fully saturated rings. The van der Waals surface area contributed by atoms with Crippen molar-refractivity contribution in [2.45, 2.75) is 18.6 Å². The number of nitrogens with one attached hydrogen (secondary N) is 3. The second-order valence-corrected chi connectivity index (χ2v) is 7.32. The molecule has 0 aliphatic carbocycles. The van der Waals surface area contributed by atoms with Crippen molar-refractivity contribution in [2.24, 2.45) is 0 Å². The van der Waals surface area contributed by atoms with E-state index in [0.717, 1.165) is 23.2 Å². The van der Waals surface area contributed by atoms with E-state index in [1.165, 1.54) is 12.1 Å². The van der Waals surface area contributed by atoms with Crippen molar-refractivity contribution < 1.29 is 17.9 Å². The van der Waals surface area contributed by atoms with Gasteiger partial charge >= 0.3 is 5.69 Å². The molecule has 13 heteroatoms. The summed E-state index contributed by atoms with van der Waals surface area (Å²) in [6.07, 6.45) is -0.518. The summed E-state index contributed by atoms with van der Waals surface area (Å²) in [5, 5.41) is 14.7. The first-order chi connectivity index (χ1) is 15.7. The number of benzene rings is 1. The van der Waals surface area contributed by atoms with E-state index in [2.05, 4.69) is 15.2 Å². The van der Waals surface area contributed by atoms with Crippen LogP contribution in [0.5, 0.6) is 0 Å². The standard InChI is InChI=1S/C20H15F3N6O4/c21-13-3-10(1-2-11(13)5-24)8-33-16-7-29(9-20(16,22)23)15-4-14(27-28-18(15)31)12-6-25-19(32)26-17(12)30/h1-4,6,16H,7-9H2,(H,28,31)(H2,25,26,30,32). The van der Waals surface area contributed by atoms with Crippen LogP contribution >= 0.6 is 0 Å². The molecule has 0 spiro atoms. The van der Waals surface area contributed by atoms with Crippen LogP contribution in [0.3, 0.4) is 0 Å². The van der Waals surface area contributed by atoms with Crippen LogP contribution in [0.2, 0.25) is 0 Å². The summed E-state index contributed by atoms with van der Waals surface area (Å²) in [6.45, 7) is -1.53. The topological polar surface area (TPSA) is 148 Å². The maximum absolute atomic E-state index is 14.6. The molecular formula is C20H15F3N6O4. The molecule has 1 aliphatic heterocycles. The van der Waals surface area contributed by atoms with E-state index >= 15 is 0 Å². The van der Waals surface area contributed by atoms with Crippen LogP contribution in [0.4, 0.5) is 18.9 Å². The Kier molecular flexibility index (Phi) is 5.60. The SMILES string of the molecule is N#Cc1ccc(COC2CN(c3cc(-c4c[nH]c(=O)[nH]c4=O)n[nH]c3=O)CC2(F)F)cc1F. The van der Waals surface area contributed by atoms with Gasteiger partial charge in [0.05, 0.1) is 36.5 Å². The smallest absolute Gasteiger partial charge is 0.325 e. The Labute approximate surface area is 182 Å². The molecule has 2 aromatic heterocycles. The number of aromatic amines is 3. The van der Waals surface area contributed by atoms with Crippen LogP contribution in [0.15, 0.2) is 44.8 Å². The zero-order chi connectivity index (χ0) is 23.8. The summed E-state index contributed by atoms with van der Waals surface area (Å²) < 4.78 is 48.2. The summed E-state index contributed by atoms with van der Waals surface area (Å²) >= 11 is 0. The average molecular weight is 460 g/mol. The van der Waals surface area contributed by atoms with Gasteiger partial charge < -0.3 is 14.6 Å². The second kappa shape index (κ2) is 8.40.